The number of β-amino-alcohol motifs (C(OH)–C–C–N with tert-alkyl or cyclic N) is 1. The Kier molecular flexibility index (Phi) is 5.87. The number of hydrogen-bond donors (Lipinski definition) is 2. The van der Waals surface area contributed by atoms with Crippen LogP contribution in [0.1, 0.15) is 23.4 Å². The Morgan fingerprint density at radius 3 is 2.48 bits per heavy atom. The van der Waals surface area contributed by atoms with E-state index in [2.05, 4.69) is 9.82 Å². The van der Waals surface area contributed by atoms with E-state index < -0.39 is 22.4 Å². The number of carbonyl (C=O) groups is 1. The number of amides is 1. The molecule has 25 heavy (non-hydrogen) atoms. The predicted molar refractivity (Wildman–Crippen MR) is 93.2 cm³/mol. The molecule has 0 aromatic carbocycles. The summed E-state index contributed by atoms with van der Waals surface area (Å²) < 4.78 is 29.0. The van der Waals surface area contributed by atoms with Crippen molar-refractivity contribution >= 4 is 16.1 Å². The van der Waals surface area contributed by atoms with E-state index in [0.717, 1.165) is 21.3 Å². The maximum absolute atomic E-state index is 12.5. The lowest BCUT2D eigenvalue weighted by Gasteiger charge is -2.36. The summed E-state index contributed by atoms with van der Waals surface area (Å²) in [5.41, 5.74) is 2.90. The fraction of sp³-hybridized carbons (Fsp3) is 0.733. The van der Waals surface area contributed by atoms with Crippen LogP contribution in [0.3, 0.4) is 0 Å². The molecule has 0 unspecified atom stereocenters. The third-order valence-corrected chi connectivity index (χ3v) is 6.31. The van der Waals surface area contributed by atoms with Crippen molar-refractivity contribution in [2.45, 2.75) is 45.9 Å². The molecule has 2 rings (SSSR count). The molecule has 0 saturated carbocycles. The fourth-order valence-electron chi connectivity index (χ4n) is 2.76. The zero-order valence-electron chi connectivity index (χ0n) is 15.4. The van der Waals surface area contributed by atoms with Gasteiger partial charge < -0.3 is 10.0 Å². The zero-order chi connectivity index (χ0) is 18.9. The first-order valence-corrected chi connectivity index (χ1v) is 9.63. The minimum absolute atomic E-state index is 0.0950. The summed E-state index contributed by atoms with van der Waals surface area (Å²) in [5, 5.41) is 14.6. The van der Waals surface area contributed by atoms with E-state index in [4.69, 9.17) is 0 Å². The summed E-state index contributed by atoms with van der Waals surface area (Å²) in [7, 11) is -0.778. The van der Waals surface area contributed by atoms with Crippen LogP contribution in [0.2, 0.25) is 0 Å². The Hall–Kier alpha value is -1.49. The molecular formula is C15H27N5O4S. The van der Waals surface area contributed by atoms with Crippen LogP contribution in [-0.4, -0.2) is 77.7 Å². The maximum Gasteiger partial charge on any atom is 0.279 e. The van der Waals surface area contributed by atoms with Gasteiger partial charge in [0.1, 0.15) is 6.54 Å². The SMILES string of the molecule is Cc1nn(CC(=O)N2CC[C@@H](NS(=O)(=O)N(C)C)[C@H](O)C2)c(C)c1C. The van der Waals surface area contributed by atoms with Crippen LogP contribution in [0.25, 0.3) is 0 Å². The molecule has 0 aliphatic carbocycles. The molecule has 9 nitrogen and oxygen atoms in total. The largest absolute Gasteiger partial charge is 0.390 e. The molecule has 2 N–H and O–H groups in total. The Morgan fingerprint density at radius 2 is 2.00 bits per heavy atom. The van der Waals surface area contributed by atoms with Gasteiger partial charge in [-0.3, -0.25) is 9.48 Å². The third-order valence-electron chi connectivity index (χ3n) is 4.74. The van der Waals surface area contributed by atoms with Gasteiger partial charge in [0.05, 0.1) is 17.8 Å². The number of piperidine rings is 1. The molecule has 10 heteroatoms. The number of rotatable bonds is 5. The maximum atomic E-state index is 12.5. The van der Waals surface area contributed by atoms with Crippen molar-refractivity contribution in [3.8, 4) is 0 Å². The van der Waals surface area contributed by atoms with Gasteiger partial charge in [0.25, 0.3) is 10.2 Å². The average Bonchev–Trinajstić information content (AvgIpc) is 2.76. The minimum atomic E-state index is -3.62. The summed E-state index contributed by atoms with van der Waals surface area (Å²) in [6.07, 6.45) is -0.592. The average molecular weight is 373 g/mol. The van der Waals surface area contributed by atoms with Gasteiger partial charge in [0.2, 0.25) is 5.91 Å². The Balaban J connectivity index is 1.98. The van der Waals surface area contributed by atoms with E-state index in [0.29, 0.717) is 13.0 Å². The highest BCUT2D eigenvalue weighted by molar-refractivity contribution is 7.87. The molecule has 0 bridgehead atoms. The van der Waals surface area contributed by atoms with Gasteiger partial charge in [-0.25, -0.2) is 0 Å². The monoisotopic (exact) mass is 373 g/mol. The second-order valence-electron chi connectivity index (χ2n) is 6.66. The molecule has 0 radical (unpaired) electrons. The molecule has 142 valence electrons. The summed E-state index contributed by atoms with van der Waals surface area (Å²) in [4.78, 5) is 14.0. The van der Waals surface area contributed by atoms with Crippen molar-refractivity contribution < 1.29 is 18.3 Å². The first-order chi connectivity index (χ1) is 11.5. The summed E-state index contributed by atoms with van der Waals surface area (Å²) in [6.45, 7) is 6.37. The number of nitrogens with one attached hydrogen (secondary N) is 1. The summed E-state index contributed by atoms with van der Waals surface area (Å²) in [5.74, 6) is -0.140. The Labute approximate surface area is 148 Å². The third kappa shape index (κ3) is 4.38. The molecule has 1 amide bonds. The lowest BCUT2D eigenvalue weighted by atomic mass is 10.0. The number of likely N-dealkylation sites (tertiary alicyclic amines) is 1. The number of aliphatic hydroxyl groups is 1. The number of aliphatic hydroxyl groups excluding tert-OH is 1. The van der Waals surface area contributed by atoms with Gasteiger partial charge in [0, 0.05) is 32.9 Å². The van der Waals surface area contributed by atoms with Crippen LogP contribution < -0.4 is 4.72 Å². The van der Waals surface area contributed by atoms with Crippen molar-refractivity contribution in [2.24, 2.45) is 0 Å². The van der Waals surface area contributed by atoms with Gasteiger partial charge in [0.15, 0.2) is 0 Å². The van der Waals surface area contributed by atoms with Gasteiger partial charge in [-0.05, 0) is 32.8 Å². The number of aryl methyl sites for hydroxylation is 1. The smallest absolute Gasteiger partial charge is 0.279 e. The molecule has 0 spiro atoms. The van der Waals surface area contributed by atoms with E-state index in [1.807, 2.05) is 20.8 Å². The van der Waals surface area contributed by atoms with Gasteiger partial charge in [-0.1, -0.05) is 0 Å². The normalized spacial score (nSPS) is 21.8. The van der Waals surface area contributed by atoms with E-state index in [1.165, 1.54) is 14.1 Å². The number of hydrogen-bond acceptors (Lipinski definition) is 5. The highest BCUT2D eigenvalue weighted by Crippen LogP contribution is 2.15. The van der Waals surface area contributed by atoms with Crippen LogP contribution >= 0.6 is 0 Å². The van der Waals surface area contributed by atoms with Crippen molar-refractivity contribution in [3.05, 3.63) is 17.0 Å². The van der Waals surface area contributed by atoms with Crippen LogP contribution in [0, 0.1) is 20.8 Å². The van der Waals surface area contributed by atoms with Gasteiger partial charge >= 0.3 is 0 Å². The highest BCUT2D eigenvalue weighted by atomic mass is 32.2. The van der Waals surface area contributed by atoms with Crippen LogP contribution in [-0.2, 0) is 21.5 Å². The standard InChI is InChI=1S/C15H27N5O4S/c1-10-11(2)16-20(12(10)3)9-15(22)19-7-6-13(14(21)8-19)17-25(23,24)18(4)5/h13-14,17,21H,6-9H2,1-5H3/t13-,14-/m1/s1. The molecule has 1 aliphatic rings. The fourth-order valence-corrected chi connectivity index (χ4v) is 3.63. The zero-order valence-corrected chi connectivity index (χ0v) is 16.2. The van der Waals surface area contributed by atoms with E-state index in [-0.39, 0.29) is 19.0 Å². The van der Waals surface area contributed by atoms with E-state index in [9.17, 15) is 18.3 Å². The van der Waals surface area contributed by atoms with Gasteiger partial charge in [-0.15, -0.1) is 0 Å². The van der Waals surface area contributed by atoms with Crippen LogP contribution in [0.5, 0.6) is 0 Å². The lowest BCUT2D eigenvalue weighted by Crippen LogP contribution is -2.57. The second kappa shape index (κ2) is 7.40. The summed E-state index contributed by atoms with van der Waals surface area (Å²) in [6, 6.07) is -0.604. The molecule has 2 atom stereocenters. The predicted octanol–water partition coefficient (Wildman–Crippen LogP) is -0.834. The Morgan fingerprint density at radius 1 is 1.36 bits per heavy atom. The van der Waals surface area contributed by atoms with E-state index >= 15 is 0 Å². The van der Waals surface area contributed by atoms with Crippen LogP contribution in [0.4, 0.5) is 0 Å². The number of nitrogens with zero attached hydrogens (tertiary/aromatic N) is 4. The number of carbonyl (C=O) groups excluding carboxylic acids is 1. The molecule has 1 aromatic heterocycles. The first-order valence-electron chi connectivity index (χ1n) is 8.19. The second-order valence-corrected chi connectivity index (χ2v) is 8.58. The first kappa shape index (κ1) is 19.8. The van der Waals surface area contributed by atoms with Crippen molar-refractivity contribution in [3.63, 3.8) is 0 Å². The van der Waals surface area contributed by atoms with Crippen LogP contribution in [0.15, 0.2) is 0 Å². The quantitative estimate of drug-likeness (QED) is 0.700. The molecule has 1 saturated heterocycles. The number of aromatic nitrogens is 2. The molecule has 1 aromatic rings. The van der Waals surface area contributed by atoms with E-state index in [1.54, 1.807) is 9.58 Å². The molecule has 1 fully saturated rings. The van der Waals surface area contributed by atoms with Gasteiger partial charge in [-0.2, -0.15) is 22.5 Å². The van der Waals surface area contributed by atoms with Crippen molar-refractivity contribution in [2.75, 3.05) is 27.2 Å². The molecular weight excluding hydrogens is 346 g/mol. The summed E-state index contributed by atoms with van der Waals surface area (Å²) >= 11 is 0. The highest BCUT2D eigenvalue weighted by Gasteiger charge is 2.33. The minimum Gasteiger partial charge on any atom is -0.390 e. The Bertz CT molecular complexity index is 743. The van der Waals surface area contributed by atoms with Crippen molar-refractivity contribution in [1.29, 1.82) is 0 Å². The topological polar surface area (TPSA) is 108 Å². The molecule has 2 heterocycles. The molecule has 1 aliphatic heterocycles. The van der Waals surface area contributed by atoms with Crippen molar-refractivity contribution in [1.82, 2.24) is 23.7 Å². The lowest BCUT2D eigenvalue weighted by molar-refractivity contribution is -0.135.